The summed E-state index contributed by atoms with van der Waals surface area (Å²) in [6.45, 7) is 4.69. The van der Waals surface area contributed by atoms with E-state index < -0.39 is 5.97 Å². The quantitative estimate of drug-likeness (QED) is 0.666. The first kappa shape index (κ1) is 17.4. The van der Waals surface area contributed by atoms with Crippen LogP contribution in [0.5, 0.6) is 11.8 Å². The lowest BCUT2D eigenvalue weighted by atomic mass is 10.1. The lowest BCUT2D eigenvalue weighted by Crippen LogP contribution is -2.06. The summed E-state index contributed by atoms with van der Waals surface area (Å²) in [6, 6.07) is 6.89. The van der Waals surface area contributed by atoms with E-state index >= 15 is 0 Å². The smallest absolute Gasteiger partial charge is 0.339 e. The van der Waals surface area contributed by atoms with E-state index in [1.54, 1.807) is 30.5 Å². The van der Waals surface area contributed by atoms with Gasteiger partial charge in [-0.05, 0) is 26.0 Å². The fourth-order valence-corrected chi connectivity index (χ4v) is 2.40. The number of nitrogens with zero attached hydrogens (tertiary/aromatic N) is 3. The molecule has 3 aromatic heterocycles. The summed E-state index contributed by atoms with van der Waals surface area (Å²) in [5.74, 6) is -0.213. The largest absolute Gasteiger partial charge is 0.478 e. The molecule has 3 rings (SSSR count). The van der Waals surface area contributed by atoms with Crippen molar-refractivity contribution in [2.45, 2.75) is 13.8 Å². The zero-order valence-corrected chi connectivity index (χ0v) is 14.4. The number of pyridine rings is 3. The van der Waals surface area contributed by atoms with Crippen molar-refractivity contribution in [3.8, 4) is 11.8 Å². The van der Waals surface area contributed by atoms with Gasteiger partial charge in [0.25, 0.3) is 0 Å². The Kier molecular flexibility index (Phi) is 5.12. The van der Waals surface area contributed by atoms with Gasteiger partial charge in [-0.2, -0.15) is 0 Å². The topological polar surface area (TPSA) is 106 Å². The van der Waals surface area contributed by atoms with Crippen LogP contribution in [0, 0.1) is 0 Å². The second-order valence-electron chi connectivity index (χ2n) is 5.25. The van der Waals surface area contributed by atoms with Crippen LogP contribution < -0.4 is 14.8 Å². The van der Waals surface area contributed by atoms with Crippen molar-refractivity contribution in [3.63, 3.8) is 0 Å². The normalized spacial score (nSPS) is 10.5. The summed E-state index contributed by atoms with van der Waals surface area (Å²) >= 11 is 0. The Morgan fingerprint density at radius 1 is 1.04 bits per heavy atom. The molecule has 3 heterocycles. The van der Waals surface area contributed by atoms with Crippen molar-refractivity contribution in [1.82, 2.24) is 15.0 Å². The van der Waals surface area contributed by atoms with Gasteiger partial charge in [0.2, 0.25) is 11.8 Å². The molecule has 134 valence electrons. The van der Waals surface area contributed by atoms with Gasteiger partial charge < -0.3 is 19.9 Å². The fourth-order valence-electron chi connectivity index (χ4n) is 2.40. The average molecular weight is 354 g/mol. The Labute approximate surface area is 149 Å². The van der Waals surface area contributed by atoms with Gasteiger partial charge in [0.15, 0.2) is 0 Å². The molecule has 0 atom stereocenters. The number of ether oxygens (including phenoxy) is 2. The zero-order chi connectivity index (χ0) is 18.5. The Morgan fingerprint density at radius 2 is 1.77 bits per heavy atom. The molecular formula is C18H18N4O4. The van der Waals surface area contributed by atoms with Gasteiger partial charge in [0, 0.05) is 18.3 Å². The molecule has 8 nitrogen and oxygen atoms in total. The van der Waals surface area contributed by atoms with Gasteiger partial charge in [0.05, 0.1) is 36.3 Å². The number of rotatable bonds is 7. The second kappa shape index (κ2) is 7.64. The van der Waals surface area contributed by atoms with Gasteiger partial charge in [-0.25, -0.2) is 14.8 Å². The molecular weight excluding hydrogens is 336 g/mol. The van der Waals surface area contributed by atoms with Crippen LogP contribution in [0.4, 0.5) is 11.4 Å². The molecule has 0 saturated heterocycles. The van der Waals surface area contributed by atoms with Crippen molar-refractivity contribution >= 4 is 28.4 Å². The van der Waals surface area contributed by atoms with Crippen molar-refractivity contribution < 1.29 is 19.4 Å². The summed E-state index contributed by atoms with van der Waals surface area (Å²) < 4.78 is 10.7. The Morgan fingerprint density at radius 3 is 2.42 bits per heavy atom. The van der Waals surface area contributed by atoms with E-state index in [2.05, 4.69) is 20.3 Å². The lowest BCUT2D eigenvalue weighted by molar-refractivity contribution is 0.0697. The number of aromatic nitrogens is 3. The predicted octanol–water partition coefficient (Wildman–Crippen LogP) is 3.26. The van der Waals surface area contributed by atoms with Gasteiger partial charge in [-0.15, -0.1) is 0 Å². The van der Waals surface area contributed by atoms with Crippen LogP contribution in [0.15, 0.2) is 36.7 Å². The first-order chi connectivity index (χ1) is 12.6. The number of aromatic carboxylic acids is 1. The summed E-state index contributed by atoms with van der Waals surface area (Å²) in [5, 5.41) is 12.6. The van der Waals surface area contributed by atoms with Crippen LogP contribution in [-0.2, 0) is 0 Å². The van der Waals surface area contributed by atoms with Gasteiger partial charge in [0.1, 0.15) is 11.1 Å². The monoisotopic (exact) mass is 354 g/mol. The van der Waals surface area contributed by atoms with Crippen LogP contribution >= 0.6 is 0 Å². The molecule has 0 aliphatic heterocycles. The Bertz CT molecular complexity index is 928. The van der Waals surface area contributed by atoms with Crippen LogP contribution in [0.3, 0.4) is 0 Å². The molecule has 0 aliphatic carbocycles. The van der Waals surface area contributed by atoms with Crippen molar-refractivity contribution in [2.75, 3.05) is 18.5 Å². The Hall–Kier alpha value is -3.42. The molecule has 8 heteroatoms. The predicted molar refractivity (Wildman–Crippen MR) is 96.4 cm³/mol. The molecule has 0 radical (unpaired) electrons. The lowest BCUT2D eigenvalue weighted by Gasteiger charge is -2.13. The maximum absolute atomic E-state index is 11.6. The third-order valence-electron chi connectivity index (χ3n) is 3.51. The molecule has 3 aromatic rings. The number of carboxylic acid groups (broad SMARTS) is 1. The maximum atomic E-state index is 11.6. The number of hydrogen-bond acceptors (Lipinski definition) is 7. The van der Waals surface area contributed by atoms with Crippen LogP contribution in [-0.4, -0.2) is 39.2 Å². The van der Waals surface area contributed by atoms with Crippen LogP contribution in [0.2, 0.25) is 0 Å². The molecule has 2 N–H and O–H groups in total. The van der Waals surface area contributed by atoms with Gasteiger partial charge in [-0.3, -0.25) is 4.98 Å². The number of carbonyl (C=O) groups is 1. The number of hydrogen-bond donors (Lipinski definition) is 2. The number of carboxylic acids is 1. The van der Waals surface area contributed by atoms with Crippen LogP contribution in [0.1, 0.15) is 24.2 Å². The summed E-state index contributed by atoms with van der Waals surface area (Å²) in [7, 11) is 0. The second-order valence-corrected chi connectivity index (χ2v) is 5.25. The van der Waals surface area contributed by atoms with E-state index in [1.165, 1.54) is 6.20 Å². The summed E-state index contributed by atoms with van der Waals surface area (Å²) in [4.78, 5) is 24.4. The number of nitrogens with one attached hydrogen (secondary N) is 1. The summed E-state index contributed by atoms with van der Waals surface area (Å²) in [6.07, 6.45) is 2.87. The van der Waals surface area contributed by atoms with Gasteiger partial charge >= 0.3 is 5.97 Å². The highest BCUT2D eigenvalue weighted by Crippen LogP contribution is 2.29. The van der Waals surface area contributed by atoms with E-state index in [0.717, 1.165) is 0 Å². The third-order valence-corrected chi connectivity index (χ3v) is 3.51. The molecule has 0 unspecified atom stereocenters. The molecule has 0 fully saturated rings. The van der Waals surface area contributed by atoms with E-state index in [1.807, 2.05) is 13.8 Å². The van der Waals surface area contributed by atoms with E-state index in [4.69, 9.17) is 9.47 Å². The van der Waals surface area contributed by atoms with Crippen molar-refractivity contribution in [3.05, 3.63) is 42.2 Å². The van der Waals surface area contributed by atoms with E-state index in [-0.39, 0.29) is 5.56 Å². The molecule has 0 saturated carbocycles. The third kappa shape index (κ3) is 3.64. The highest BCUT2D eigenvalue weighted by Gasteiger charge is 2.17. The number of anilines is 2. The number of fused-ring (bicyclic) bond motifs is 1. The molecule has 0 spiro atoms. The maximum Gasteiger partial charge on any atom is 0.339 e. The molecule has 0 amide bonds. The van der Waals surface area contributed by atoms with E-state index in [9.17, 15) is 9.90 Å². The van der Waals surface area contributed by atoms with E-state index in [0.29, 0.717) is 47.4 Å². The Balaban J connectivity index is 2.06. The van der Waals surface area contributed by atoms with Crippen molar-refractivity contribution in [1.29, 1.82) is 0 Å². The minimum Gasteiger partial charge on any atom is -0.478 e. The minimum atomic E-state index is -1.11. The molecule has 0 bridgehead atoms. The highest BCUT2D eigenvalue weighted by molar-refractivity contribution is 6.03. The van der Waals surface area contributed by atoms with Crippen LogP contribution in [0.25, 0.3) is 11.0 Å². The first-order valence-corrected chi connectivity index (χ1v) is 8.14. The molecule has 0 aromatic carbocycles. The summed E-state index contributed by atoms with van der Waals surface area (Å²) in [5.41, 5.74) is 1.90. The molecule has 26 heavy (non-hydrogen) atoms. The average Bonchev–Trinajstić information content (AvgIpc) is 2.64. The highest BCUT2D eigenvalue weighted by atomic mass is 16.5. The van der Waals surface area contributed by atoms with Gasteiger partial charge in [-0.1, -0.05) is 0 Å². The fraction of sp³-hybridized carbons (Fsp3) is 0.222. The zero-order valence-electron chi connectivity index (χ0n) is 14.4. The molecule has 0 aliphatic rings. The standard InChI is InChI=1S/C18H18N4O4/c1-3-25-14-7-5-11(9-20-14)21-16-12(18(23)24)10-19-13-6-8-15(26-4-2)22-17(13)16/h5-10H,3-4H2,1-2H3,(H,19,21)(H,23,24). The first-order valence-electron chi connectivity index (χ1n) is 8.14. The van der Waals surface area contributed by atoms with Crippen molar-refractivity contribution in [2.24, 2.45) is 0 Å². The SMILES string of the molecule is CCOc1ccc(Nc2c(C(=O)O)cnc3ccc(OCC)nc23)cn1. The minimum absolute atomic E-state index is 0.00698.